The molecule has 1 rings (SSSR count). The van der Waals surface area contributed by atoms with Gasteiger partial charge in [-0.2, -0.15) is 0 Å². The molecule has 1 amide bonds. The maximum Gasteiger partial charge on any atom is 0.414 e. The van der Waals surface area contributed by atoms with Crippen LogP contribution in [0, 0.1) is 0 Å². The smallest absolute Gasteiger partial charge is 0.414 e. The lowest BCUT2D eigenvalue weighted by atomic mass is 10.2. The van der Waals surface area contributed by atoms with Gasteiger partial charge in [-0.15, -0.1) is 0 Å². The second kappa shape index (κ2) is 4.53. The fourth-order valence-corrected chi connectivity index (χ4v) is 1.10. The molecular formula is C10H17NO4. The summed E-state index contributed by atoms with van der Waals surface area (Å²) in [5.41, 5.74) is -0.511. The summed E-state index contributed by atoms with van der Waals surface area (Å²) in [6.07, 6.45) is 1.05. The Morgan fingerprint density at radius 3 is 2.87 bits per heavy atom. The van der Waals surface area contributed by atoms with Crippen molar-refractivity contribution in [2.45, 2.75) is 26.4 Å². The van der Waals surface area contributed by atoms with E-state index in [0.29, 0.717) is 18.9 Å². The second-order valence-corrected chi connectivity index (χ2v) is 4.28. The molecule has 1 heterocycles. The van der Waals surface area contributed by atoms with Gasteiger partial charge in [0.25, 0.3) is 0 Å². The molecule has 0 spiro atoms. The summed E-state index contributed by atoms with van der Waals surface area (Å²) in [6.45, 7) is 6.04. The first-order valence-electron chi connectivity index (χ1n) is 4.86. The molecular weight excluding hydrogens is 198 g/mol. The van der Waals surface area contributed by atoms with E-state index < -0.39 is 11.7 Å². The number of aliphatic hydroxyl groups excluding tert-OH is 1. The molecule has 1 aliphatic rings. The molecule has 15 heavy (non-hydrogen) atoms. The van der Waals surface area contributed by atoms with Gasteiger partial charge < -0.3 is 14.6 Å². The summed E-state index contributed by atoms with van der Waals surface area (Å²) in [5.74, 6) is 0.382. The van der Waals surface area contributed by atoms with E-state index in [-0.39, 0.29) is 6.61 Å². The van der Waals surface area contributed by atoms with Crippen LogP contribution in [0.5, 0.6) is 0 Å². The maximum absolute atomic E-state index is 11.6. The first-order valence-corrected chi connectivity index (χ1v) is 4.86. The molecule has 0 radical (unpaired) electrons. The van der Waals surface area contributed by atoms with Crippen molar-refractivity contribution >= 4 is 6.09 Å². The number of carbonyl (C=O) groups is 1. The number of rotatable bonds is 1. The Hall–Kier alpha value is -1.23. The number of ether oxygens (including phenoxy) is 2. The van der Waals surface area contributed by atoms with Crippen LogP contribution in [0.4, 0.5) is 4.79 Å². The third-order valence-corrected chi connectivity index (χ3v) is 1.70. The van der Waals surface area contributed by atoms with E-state index in [1.54, 1.807) is 0 Å². The van der Waals surface area contributed by atoms with Gasteiger partial charge in [-0.1, -0.05) is 0 Å². The molecule has 0 aromatic carbocycles. The molecule has 0 aliphatic carbocycles. The van der Waals surface area contributed by atoms with Gasteiger partial charge in [-0.25, -0.2) is 4.79 Å². The van der Waals surface area contributed by atoms with Crippen LogP contribution >= 0.6 is 0 Å². The van der Waals surface area contributed by atoms with Crippen LogP contribution in [0.15, 0.2) is 12.0 Å². The van der Waals surface area contributed by atoms with Crippen LogP contribution in [0.1, 0.15) is 20.8 Å². The molecule has 0 saturated heterocycles. The Kier molecular flexibility index (Phi) is 3.57. The second-order valence-electron chi connectivity index (χ2n) is 4.28. The van der Waals surface area contributed by atoms with Crippen LogP contribution in [-0.4, -0.2) is 41.5 Å². The fourth-order valence-electron chi connectivity index (χ4n) is 1.10. The number of aliphatic hydroxyl groups is 1. The highest BCUT2D eigenvalue weighted by atomic mass is 16.6. The molecule has 5 heteroatoms. The van der Waals surface area contributed by atoms with Crippen LogP contribution < -0.4 is 0 Å². The minimum atomic E-state index is -0.511. The molecule has 86 valence electrons. The standard InChI is InChI=1S/C10H17NO4/c1-10(2,3)15-9(13)11-4-5-14-8(6-11)7-12/h6,12H,4-5,7H2,1-3H3. The monoisotopic (exact) mass is 215 g/mol. The zero-order chi connectivity index (χ0) is 11.5. The molecule has 0 atom stereocenters. The fraction of sp³-hybridized carbons (Fsp3) is 0.700. The molecule has 0 aromatic rings. The van der Waals surface area contributed by atoms with Gasteiger partial charge in [0.2, 0.25) is 0 Å². The van der Waals surface area contributed by atoms with E-state index in [9.17, 15) is 4.79 Å². The SMILES string of the molecule is CC(C)(C)OC(=O)N1C=C(CO)OCC1. The predicted molar refractivity (Wildman–Crippen MR) is 54.1 cm³/mol. The molecule has 0 fully saturated rings. The minimum Gasteiger partial charge on any atom is -0.492 e. The topological polar surface area (TPSA) is 59.0 Å². The van der Waals surface area contributed by atoms with Crippen LogP contribution in [0.3, 0.4) is 0 Å². The van der Waals surface area contributed by atoms with E-state index in [1.807, 2.05) is 20.8 Å². The molecule has 1 aliphatic heterocycles. The third-order valence-electron chi connectivity index (χ3n) is 1.70. The summed E-state index contributed by atoms with van der Waals surface area (Å²) in [4.78, 5) is 13.0. The van der Waals surface area contributed by atoms with Gasteiger partial charge in [-0.05, 0) is 20.8 Å². The summed E-state index contributed by atoms with van der Waals surface area (Å²) in [6, 6.07) is 0. The molecule has 0 bridgehead atoms. The van der Waals surface area contributed by atoms with E-state index in [0.717, 1.165) is 0 Å². The Morgan fingerprint density at radius 1 is 1.67 bits per heavy atom. The quantitative estimate of drug-likeness (QED) is 0.711. The number of carbonyl (C=O) groups excluding carboxylic acids is 1. The highest BCUT2D eigenvalue weighted by molar-refractivity contribution is 5.69. The molecule has 0 saturated carbocycles. The number of nitrogens with zero attached hydrogens (tertiary/aromatic N) is 1. The van der Waals surface area contributed by atoms with E-state index >= 15 is 0 Å². The van der Waals surface area contributed by atoms with Gasteiger partial charge in [-0.3, -0.25) is 4.90 Å². The highest BCUT2D eigenvalue weighted by Gasteiger charge is 2.23. The largest absolute Gasteiger partial charge is 0.492 e. The maximum atomic E-state index is 11.6. The average Bonchev–Trinajstić information content (AvgIpc) is 2.15. The first-order chi connectivity index (χ1) is 6.92. The normalized spacial score (nSPS) is 16.8. The zero-order valence-electron chi connectivity index (χ0n) is 9.32. The first kappa shape index (κ1) is 11.8. The van der Waals surface area contributed by atoms with Crippen molar-refractivity contribution in [1.29, 1.82) is 0 Å². The lowest BCUT2D eigenvalue weighted by Gasteiger charge is -2.28. The summed E-state index contributed by atoms with van der Waals surface area (Å²) in [5, 5.41) is 8.85. The Bertz CT molecular complexity index is 267. The van der Waals surface area contributed by atoms with E-state index in [1.165, 1.54) is 11.1 Å². The van der Waals surface area contributed by atoms with Gasteiger partial charge in [0.05, 0.1) is 12.7 Å². The Balaban J connectivity index is 2.60. The van der Waals surface area contributed by atoms with Gasteiger partial charge >= 0.3 is 6.09 Å². The highest BCUT2D eigenvalue weighted by Crippen LogP contribution is 2.13. The summed E-state index contributed by atoms with van der Waals surface area (Å²) < 4.78 is 10.3. The lowest BCUT2D eigenvalue weighted by molar-refractivity contribution is 0.0224. The van der Waals surface area contributed by atoms with E-state index in [4.69, 9.17) is 14.6 Å². The van der Waals surface area contributed by atoms with Crippen molar-refractivity contribution in [2.75, 3.05) is 19.8 Å². The molecule has 0 unspecified atom stereocenters. The van der Waals surface area contributed by atoms with Crippen LogP contribution in [0.25, 0.3) is 0 Å². The summed E-state index contributed by atoms with van der Waals surface area (Å²) >= 11 is 0. The molecule has 5 nitrogen and oxygen atoms in total. The molecule has 1 N–H and O–H groups in total. The van der Waals surface area contributed by atoms with Crippen molar-refractivity contribution in [2.24, 2.45) is 0 Å². The van der Waals surface area contributed by atoms with Crippen molar-refractivity contribution in [3.8, 4) is 0 Å². The lowest BCUT2D eigenvalue weighted by Crippen LogP contribution is -2.37. The number of hydrogen-bond acceptors (Lipinski definition) is 4. The Labute approximate surface area is 89.3 Å². The van der Waals surface area contributed by atoms with E-state index in [2.05, 4.69) is 0 Å². The van der Waals surface area contributed by atoms with Crippen LogP contribution in [-0.2, 0) is 9.47 Å². The van der Waals surface area contributed by atoms with Gasteiger partial charge in [0.1, 0.15) is 24.6 Å². The average molecular weight is 215 g/mol. The van der Waals surface area contributed by atoms with Crippen molar-refractivity contribution in [3.63, 3.8) is 0 Å². The summed E-state index contributed by atoms with van der Waals surface area (Å²) in [7, 11) is 0. The zero-order valence-corrected chi connectivity index (χ0v) is 9.32. The minimum absolute atomic E-state index is 0.209. The number of hydrogen-bond donors (Lipinski definition) is 1. The van der Waals surface area contributed by atoms with Gasteiger partial charge in [0.15, 0.2) is 0 Å². The third kappa shape index (κ3) is 3.79. The van der Waals surface area contributed by atoms with Crippen LogP contribution in [0.2, 0.25) is 0 Å². The predicted octanol–water partition coefficient (Wildman–Crippen LogP) is 1.09. The van der Waals surface area contributed by atoms with Crippen molar-refractivity contribution in [3.05, 3.63) is 12.0 Å². The molecule has 0 aromatic heterocycles. The Morgan fingerprint density at radius 2 is 2.33 bits per heavy atom. The number of amides is 1. The van der Waals surface area contributed by atoms with Gasteiger partial charge in [0, 0.05) is 0 Å². The van der Waals surface area contributed by atoms with Crippen molar-refractivity contribution < 1.29 is 19.4 Å². The van der Waals surface area contributed by atoms with Crippen molar-refractivity contribution in [1.82, 2.24) is 4.90 Å².